The fraction of sp³-hybridized carbons (Fsp3) is 0.588. The standard InChI is InChI=1S/C17H25N2O5/c1-17(2,3)24-16(21)18-10-6-5-7-13(18)12-8-9-14(15(20)23-4)19(22)11-12/h8-9,11,13,22H,5-7,10H2,1-4H3/q+1. The van der Waals surface area contributed by atoms with E-state index in [4.69, 9.17) is 4.74 Å². The largest absolute Gasteiger partial charge is 0.461 e. The molecule has 1 fully saturated rings. The first-order valence-corrected chi connectivity index (χ1v) is 8.05. The highest BCUT2D eigenvalue weighted by atomic mass is 16.6. The highest BCUT2D eigenvalue weighted by Crippen LogP contribution is 2.31. The molecule has 1 atom stereocenters. The Hall–Kier alpha value is -2.31. The van der Waals surface area contributed by atoms with E-state index in [0.717, 1.165) is 29.6 Å². The van der Waals surface area contributed by atoms with Gasteiger partial charge >= 0.3 is 17.8 Å². The van der Waals surface area contributed by atoms with Crippen molar-refractivity contribution in [2.45, 2.75) is 51.7 Å². The second kappa shape index (κ2) is 7.07. The number of esters is 1. The van der Waals surface area contributed by atoms with Crippen molar-refractivity contribution in [2.24, 2.45) is 0 Å². The third kappa shape index (κ3) is 4.15. The summed E-state index contributed by atoms with van der Waals surface area (Å²) in [6.45, 7) is 6.09. The molecule has 0 spiro atoms. The van der Waals surface area contributed by atoms with Crippen molar-refractivity contribution < 1.29 is 29.0 Å². The molecule has 2 heterocycles. The van der Waals surface area contributed by atoms with Crippen molar-refractivity contribution in [2.75, 3.05) is 13.7 Å². The number of methoxy groups -OCH3 is 1. The average Bonchev–Trinajstić information content (AvgIpc) is 2.52. The Labute approximate surface area is 141 Å². The summed E-state index contributed by atoms with van der Waals surface area (Å²) in [5.74, 6) is -0.628. The fourth-order valence-corrected chi connectivity index (χ4v) is 2.79. The lowest BCUT2D eigenvalue weighted by molar-refractivity contribution is -0.906. The molecule has 0 aromatic carbocycles. The third-order valence-electron chi connectivity index (χ3n) is 3.86. The predicted octanol–water partition coefficient (Wildman–Crippen LogP) is 2.46. The molecule has 1 aromatic rings. The lowest BCUT2D eigenvalue weighted by Crippen LogP contribution is -2.44. The van der Waals surface area contributed by atoms with Crippen LogP contribution in [0.15, 0.2) is 18.3 Å². The number of piperidine rings is 1. The van der Waals surface area contributed by atoms with Crippen molar-refractivity contribution in [3.8, 4) is 0 Å². The highest BCUT2D eigenvalue weighted by molar-refractivity contribution is 5.85. The summed E-state index contributed by atoms with van der Waals surface area (Å²) in [7, 11) is 1.25. The van der Waals surface area contributed by atoms with Crippen molar-refractivity contribution in [3.63, 3.8) is 0 Å². The number of pyridine rings is 1. The van der Waals surface area contributed by atoms with Gasteiger partial charge in [-0.05, 0) is 46.1 Å². The molecule has 1 aromatic heterocycles. The molecule has 7 nitrogen and oxygen atoms in total. The van der Waals surface area contributed by atoms with Crippen molar-refractivity contribution in [1.82, 2.24) is 4.90 Å². The van der Waals surface area contributed by atoms with Gasteiger partial charge in [-0.2, -0.15) is 0 Å². The van der Waals surface area contributed by atoms with Crippen LogP contribution in [-0.4, -0.2) is 41.4 Å². The second-order valence-corrected chi connectivity index (χ2v) is 6.87. The van der Waals surface area contributed by atoms with Crippen LogP contribution in [0.4, 0.5) is 4.79 Å². The van der Waals surface area contributed by atoms with E-state index in [1.54, 1.807) is 11.0 Å². The monoisotopic (exact) mass is 337 g/mol. The van der Waals surface area contributed by atoms with Crippen LogP contribution in [0.5, 0.6) is 0 Å². The van der Waals surface area contributed by atoms with Crippen LogP contribution in [0.2, 0.25) is 0 Å². The Kier molecular flexibility index (Phi) is 5.31. The SMILES string of the molecule is COC(=O)c1ccc(C2CCCCN2C(=O)OC(C)(C)C)c[n+]1O. The lowest BCUT2D eigenvalue weighted by atomic mass is 9.96. The van der Waals surface area contributed by atoms with Gasteiger partial charge in [0.2, 0.25) is 6.20 Å². The first kappa shape index (κ1) is 18.0. The minimum atomic E-state index is -0.628. The molecular weight excluding hydrogens is 312 g/mol. The second-order valence-electron chi connectivity index (χ2n) is 6.87. The van der Waals surface area contributed by atoms with Crippen molar-refractivity contribution >= 4 is 12.1 Å². The molecule has 7 heteroatoms. The predicted molar refractivity (Wildman–Crippen MR) is 84.7 cm³/mol. The zero-order chi connectivity index (χ0) is 17.9. The summed E-state index contributed by atoms with van der Waals surface area (Å²) < 4.78 is 10.8. The molecule has 132 valence electrons. The van der Waals surface area contributed by atoms with E-state index in [9.17, 15) is 14.8 Å². The number of carbonyl (C=O) groups is 2. The lowest BCUT2D eigenvalue weighted by Gasteiger charge is -2.36. The molecule has 0 aliphatic carbocycles. The summed E-state index contributed by atoms with van der Waals surface area (Å²) in [4.78, 5) is 25.7. The maximum atomic E-state index is 12.5. The number of aromatic nitrogens is 1. The first-order valence-electron chi connectivity index (χ1n) is 8.05. The topological polar surface area (TPSA) is 80.0 Å². The zero-order valence-corrected chi connectivity index (χ0v) is 14.6. The Bertz CT molecular complexity index is 624. The number of rotatable bonds is 2. The summed E-state index contributed by atoms with van der Waals surface area (Å²) in [6.07, 6.45) is 3.74. The van der Waals surface area contributed by atoms with Crippen LogP contribution in [0, 0.1) is 0 Å². The van der Waals surface area contributed by atoms with Crippen LogP contribution in [0.1, 0.15) is 62.1 Å². The minimum Gasteiger partial charge on any atom is -0.461 e. The van der Waals surface area contributed by atoms with Crippen molar-refractivity contribution in [3.05, 3.63) is 29.6 Å². The molecule has 0 saturated carbocycles. The quantitative estimate of drug-likeness (QED) is 0.509. The van der Waals surface area contributed by atoms with Gasteiger partial charge in [-0.1, -0.05) is 0 Å². The molecule has 1 amide bonds. The Morgan fingerprint density at radius 1 is 1.29 bits per heavy atom. The van der Waals surface area contributed by atoms with Crippen LogP contribution >= 0.6 is 0 Å². The van der Waals surface area contributed by atoms with Crippen LogP contribution in [-0.2, 0) is 9.47 Å². The molecule has 1 saturated heterocycles. The molecule has 0 radical (unpaired) electrons. The normalized spacial score (nSPS) is 18.2. The minimum absolute atomic E-state index is 0.0286. The van der Waals surface area contributed by atoms with Gasteiger partial charge in [-0.25, -0.2) is 9.59 Å². The maximum Gasteiger partial charge on any atom is 0.410 e. The Morgan fingerprint density at radius 3 is 2.58 bits per heavy atom. The van der Waals surface area contributed by atoms with Gasteiger partial charge in [0.05, 0.1) is 13.2 Å². The van der Waals surface area contributed by atoms with E-state index >= 15 is 0 Å². The van der Waals surface area contributed by atoms with Gasteiger partial charge in [-0.15, -0.1) is 0 Å². The van der Waals surface area contributed by atoms with Crippen molar-refractivity contribution in [1.29, 1.82) is 0 Å². The smallest absolute Gasteiger partial charge is 0.410 e. The number of nitrogens with zero attached hydrogens (tertiary/aromatic N) is 2. The van der Waals surface area contributed by atoms with Crippen LogP contribution < -0.4 is 4.73 Å². The molecule has 1 aliphatic heterocycles. The van der Waals surface area contributed by atoms with Gasteiger partial charge in [0, 0.05) is 22.9 Å². The first-order chi connectivity index (χ1) is 11.2. The summed E-state index contributed by atoms with van der Waals surface area (Å²) in [5, 5.41) is 10.0. The molecule has 0 bridgehead atoms. The molecular formula is C17H25N2O5+. The Morgan fingerprint density at radius 2 is 2.00 bits per heavy atom. The summed E-state index contributed by atoms with van der Waals surface area (Å²) >= 11 is 0. The van der Waals surface area contributed by atoms with Gasteiger partial charge in [-0.3, -0.25) is 5.21 Å². The highest BCUT2D eigenvalue weighted by Gasteiger charge is 2.33. The van der Waals surface area contributed by atoms with E-state index in [0.29, 0.717) is 6.54 Å². The number of amides is 1. The fourth-order valence-electron chi connectivity index (χ4n) is 2.79. The maximum absolute atomic E-state index is 12.5. The number of likely N-dealkylation sites (tertiary alicyclic amines) is 1. The Balaban J connectivity index is 2.26. The molecule has 1 aliphatic rings. The number of carbonyl (C=O) groups excluding carboxylic acids is 2. The van der Waals surface area contributed by atoms with Gasteiger partial charge in [0.15, 0.2) is 0 Å². The van der Waals surface area contributed by atoms with E-state index in [-0.39, 0.29) is 17.8 Å². The molecule has 24 heavy (non-hydrogen) atoms. The van der Waals surface area contributed by atoms with Gasteiger partial charge < -0.3 is 14.4 Å². The third-order valence-corrected chi connectivity index (χ3v) is 3.86. The molecule has 1 unspecified atom stereocenters. The van der Waals surface area contributed by atoms with Crippen LogP contribution in [0.3, 0.4) is 0 Å². The van der Waals surface area contributed by atoms with Gasteiger partial charge in [0.25, 0.3) is 0 Å². The van der Waals surface area contributed by atoms with E-state index in [1.165, 1.54) is 19.4 Å². The number of hydrogen-bond donors (Lipinski definition) is 1. The zero-order valence-electron chi connectivity index (χ0n) is 14.6. The summed E-state index contributed by atoms with van der Waals surface area (Å²) in [5.41, 5.74) is 0.210. The molecule has 1 N–H and O–H groups in total. The average molecular weight is 337 g/mol. The number of ether oxygens (including phenoxy) is 2. The van der Waals surface area contributed by atoms with E-state index < -0.39 is 11.6 Å². The van der Waals surface area contributed by atoms with Crippen LogP contribution in [0.25, 0.3) is 0 Å². The summed E-state index contributed by atoms with van der Waals surface area (Å²) in [6, 6.07) is 3.02. The number of hydrogen-bond acceptors (Lipinski definition) is 5. The van der Waals surface area contributed by atoms with E-state index in [1.807, 2.05) is 20.8 Å². The van der Waals surface area contributed by atoms with E-state index in [2.05, 4.69) is 4.74 Å². The van der Waals surface area contributed by atoms with Gasteiger partial charge in [0.1, 0.15) is 5.60 Å². The molecule has 2 rings (SSSR count).